The van der Waals surface area contributed by atoms with E-state index in [0.717, 1.165) is 30.4 Å². The summed E-state index contributed by atoms with van der Waals surface area (Å²) in [6, 6.07) is 12.1. The Bertz CT molecular complexity index is 1480. The minimum atomic E-state index is -1.57. The van der Waals surface area contributed by atoms with Crippen molar-refractivity contribution < 1.29 is 14.4 Å². The topological polar surface area (TPSA) is 104 Å². The highest BCUT2D eigenvalue weighted by Gasteiger charge is 2.62. The van der Waals surface area contributed by atoms with Gasteiger partial charge in [-0.05, 0) is 43.4 Å². The van der Waals surface area contributed by atoms with Crippen molar-refractivity contribution in [2.24, 2.45) is 5.41 Å². The van der Waals surface area contributed by atoms with Gasteiger partial charge < -0.3 is 4.90 Å². The van der Waals surface area contributed by atoms with Gasteiger partial charge in [0.25, 0.3) is 5.56 Å². The predicted octanol–water partition coefficient (Wildman–Crippen LogP) is 2.62. The maximum absolute atomic E-state index is 14.2. The van der Waals surface area contributed by atoms with Gasteiger partial charge in [0.05, 0.1) is 11.6 Å². The molecule has 0 bridgehead atoms. The number of carbonyl (C=O) groups excluding carboxylic acids is 3. The van der Waals surface area contributed by atoms with E-state index in [1.54, 1.807) is 12.3 Å². The number of urea groups is 1. The Balaban J connectivity index is 1.48. The number of anilines is 1. The van der Waals surface area contributed by atoms with E-state index in [-0.39, 0.29) is 18.5 Å². The van der Waals surface area contributed by atoms with Crippen LogP contribution < -0.4 is 15.8 Å². The molecule has 2 saturated heterocycles. The van der Waals surface area contributed by atoms with Crippen molar-refractivity contribution in [1.82, 2.24) is 19.6 Å². The molecule has 1 spiro atoms. The number of hydrogen-bond acceptors (Lipinski definition) is 6. The lowest BCUT2D eigenvalue weighted by Gasteiger charge is -2.50. The number of pyridine rings is 1. The molecule has 2 aromatic heterocycles. The number of amides is 4. The van der Waals surface area contributed by atoms with Crippen molar-refractivity contribution in [2.45, 2.75) is 51.5 Å². The van der Waals surface area contributed by atoms with E-state index < -0.39 is 29.3 Å². The molecule has 2 fully saturated rings. The van der Waals surface area contributed by atoms with Crippen molar-refractivity contribution in [3.8, 4) is 0 Å². The summed E-state index contributed by atoms with van der Waals surface area (Å²) >= 11 is 0. The molecule has 3 aliphatic heterocycles. The molecule has 6 rings (SSSR count). The second-order valence-electron chi connectivity index (χ2n) is 10.3. The molecule has 2 atom stereocenters. The molecule has 9 nitrogen and oxygen atoms in total. The maximum atomic E-state index is 14.2. The van der Waals surface area contributed by atoms with Crippen LogP contribution in [0.15, 0.2) is 53.5 Å². The van der Waals surface area contributed by atoms with Crippen LogP contribution in [0.5, 0.6) is 0 Å². The first-order valence-electron chi connectivity index (χ1n) is 12.9. The van der Waals surface area contributed by atoms with Gasteiger partial charge in [0.2, 0.25) is 11.8 Å². The standard InChI is InChI=1S/C28H29N5O4/c1-18-9-8-15-32-22(18)29-23-20(24(32)34)17-28(21-12-6-3-7-14-31(21)23)25(35)30-27(37)33(26(28)36)16-13-19-10-4-2-5-11-19/h2,4-5,8-11,15,21H,3,6-7,12-14,16-17H2,1H3,(H,30,35,37)/t21-,28+/m0/s1. The molecule has 1 N–H and O–H groups in total. The Morgan fingerprint density at radius 1 is 1.03 bits per heavy atom. The van der Waals surface area contributed by atoms with Crippen LogP contribution in [0.4, 0.5) is 10.6 Å². The molecular weight excluding hydrogens is 470 g/mol. The number of aryl methyl sites for hydroxylation is 1. The Kier molecular flexibility index (Phi) is 5.58. The van der Waals surface area contributed by atoms with Gasteiger partial charge in [0, 0.05) is 25.7 Å². The largest absolute Gasteiger partial charge is 0.352 e. The highest BCUT2D eigenvalue weighted by molar-refractivity contribution is 6.20. The predicted molar refractivity (Wildman–Crippen MR) is 137 cm³/mol. The number of aromatic nitrogens is 2. The second kappa shape index (κ2) is 8.83. The van der Waals surface area contributed by atoms with Gasteiger partial charge in [-0.3, -0.25) is 29.0 Å². The number of carbonyl (C=O) groups is 3. The lowest BCUT2D eigenvalue weighted by atomic mass is 9.68. The average molecular weight is 500 g/mol. The van der Waals surface area contributed by atoms with Crippen LogP contribution in [-0.2, 0) is 22.4 Å². The van der Waals surface area contributed by atoms with E-state index in [2.05, 4.69) is 5.32 Å². The summed E-state index contributed by atoms with van der Waals surface area (Å²) in [4.78, 5) is 62.6. The number of rotatable bonds is 3. The number of imide groups is 2. The zero-order valence-corrected chi connectivity index (χ0v) is 20.8. The lowest BCUT2D eigenvalue weighted by molar-refractivity contribution is -0.153. The molecule has 1 aromatic carbocycles. The molecule has 0 radical (unpaired) electrons. The summed E-state index contributed by atoms with van der Waals surface area (Å²) in [5, 5.41) is 2.48. The minimum absolute atomic E-state index is 0.0774. The Morgan fingerprint density at radius 2 is 1.84 bits per heavy atom. The van der Waals surface area contributed by atoms with E-state index in [4.69, 9.17) is 4.98 Å². The molecule has 0 unspecified atom stereocenters. The molecule has 9 heteroatoms. The number of hydrogen-bond donors (Lipinski definition) is 1. The van der Waals surface area contributed by atoms with Crippen molar-refractivity contribution in [2.75, 3.05) is 18.0 Å². The Morgan fingerprint density at radius 3 is 2.65 bits per heavy atom. The summed E-state index contributed by atoms with van der Waals surface area (Å²) < 4.78 is 1.49. The van der Waals surface area contributed by atoms with Crippen LogP contribution in [0.25, 0.3) is 5.65 Å². The fourth-order valence-electron chi connectivity index (χ4n) is 6.23. The van der Waals surface area contributed by atoms with Gasteiger partial charge in [-0.1, -0.05) is 49.2 Å². The summed E-state index contributed by atoms with van der Waals surface area (Å²) in [6.07, 6.45) is 5.34. The third-order valence-electron chi connectivity index (χ3n) is 8.13. The number of nitrogens with one attached hydrogen (secondary N) is 1. The first kappa shape index (κ1) is 23.4. The van der Waals surface area contributed by atoms with Gasteiger partial charge in [-0.25, -0.2) is 9.78 Å². The lowest BCUT2D eigenvalue weighted by Crippen LogP contribution is -2.72. The van der Waals surface area contributed by atoms with Crippen LogP contribution in [0, 0.1) is 12.3 Å². The number of barbiturate groups is 1. The molecule has 190 valence electrons. The molecule has 0 aliphatic carbocycles. The van der Waals surface area contributed by atoms with Gasteiger partial charge in [0.15, 0.2) is 5.41 Å². The number of benzene rings is 1. The number of fused-ring (bicyclic) bond motifs is 5. The number of nitrogens with zero attached hydrogens (tertiary/aromatic N) is 4. The van der Waals surface area contributed by atoms with Crippen LogP contribution >= 0.6 is 0 Å². The highest BCUT2D eigenvalue weighted by atomic mass is 16.2. The SMILES string of the molecule is Cc1cccn2c(=O)c3c(nc12)N1CCCCC[C@H]1[C@]1(C3)C(=O)NC(=O)N(CCc2ccccc2)C1=O. The summed E-state index contributed by atoms with van der Waals surface area (Å²) in [7, 11) is 0. The summed E-state index contributed by atoms with van der Waals surface area (Å²) in [5.41, 5.74) is 0.938. The van der Waals surface area contributed by atoms with Crippen molar-refractivity contribution in [3.63, 3.8) is 0 Å². The highest BCUT2D eigenvalue weighted by Crippen LogP contribution is 2.45. The van der Waals surface area contributed by atoms with E-state index >= 15 is 0 Å². The molecule has 37 heavy (non-hydrogen) atoms. The van der Waals surface area contributed by atoms with Crippen LogP contribution in [0.3, 0.4) is 0 Å². The summed E-state index contributed by atoms with van der Waals surface area (Å²) in [6.45, 7) is 2.65. The first-order chi connectivity index (χ1) is 17.9. The van der Waals surface area contributed by atoms with Gasteiger partial charge in [-0.15, -0.1) is 0 Å². The zero-order valence-electron chi connectivity index (χ0n) is 20.8. The fourth-order valence-corrected chi connectivity index (χ4v) is 6.23. The second-order valence-corrected chi connectivity index (χ2v) is 10.3. The molecule has 0 saturated carbocycles. The van der Waals surface area contributed by atoms with Gasteiger partial charge in [0.1, 0.15) is 11.5 Å². The molecule has 5 heterocycles. The smallest absolute Gasteiger partial charge is 0.330 e. The molecule has 4 amide bonds. The van der Waals surface area contributed by atoms with Crippen molar-refractivity contribution in [3.05, 3.63) is 75.7 Å². The van der Waals surface area contributed by atoms with E-state index in [1.165, 1.54) is 9.30 Å². The minimum Gasteiger partial charge on any atom is -0.352 e. The van der Waals surface area contributed by atoms with E-state index in [1.807, 2.05) is 48.2 Å². The van der Waals surface area contributed by atoms with Gasteiger partial charge >= 0.3 is 6.03 Å². The molecule has 3 aromatic rings. The average Bonchev–Trinajstić information content (AvgIpc) is 3.16. The van der Waals surface area contributed by atoms with Crippen molar-refractivity contribution in [1.29, 1.82) is 0 Å². The first-order valence-corrected chi connectivity index (χ1v) is 12.9. The van der Waals surface area contributed by atoms with E-state index in [9.17, 15) is 19.2 Å². The van der Waals surface area contributed by atoms with Crippen LogP contribution in [-0.4, -0.2) is 51.3 Å². The van der Waals surface area contributed by atoms with E-state index in [0.29, 0.717) is 36.4 Å². The molecule has 3 aliphatic rings. The third-order valence-corrected chi connectivity index (χ3v) is 8.13. The zero-order chi connectivity index (χ0) is 25.7. The van der Waals surface area contributed by atoms with Gasteiger partial charge in [-0.2, -0.15) is 0 Å². The summed E-state index contributed by atoms with van der Waals surface area (Å²) in [5.74, 6) is -0.576. The maximum Gasteiger partial charge on any atom is 0.330 e. The normalized spacial score (nSPS) is 23.6. The fraction of sp³-hybridized carbons (Fsp3) is 0.393. The van der Waals surface area contributed by atoms with Crippen molar-refractivity contribution >= 4 is 29.3 Å². The third kappa shape index (κ3) is 3.55. The van der Waals surface area contributed by atoms with Crippen LogP contribution in [0.2, 0.25) is 0 Å². The Labute approximate surface area is 214 Å². The monoisotopic (exact) mass is 499 g/mol. The quantitative estimate of drug-likeness (QED) is 0.556. The molecular formula is C28H29N5O4. The Hall–Kier alpha value is -4.01. The van der Waals surface area contributed by atoms with Crippen LogP contribution in [0.1, 0.15) is 42.4 Å².